The van der Waals surface area contributed by atoms with Crippen LogP contribution in [0.15, 0.2) is 18.2 Å². The summed E-state index contributed by atoms with van der Waals surface area (Å²) in [5.74, 6) is 1.04. The molecule has 0 aliphatic heterocycles. The van der Waals surface area contributed by atoms with Gasteiger partial charge in [0.15, 0.2) is 6.79 Å². The lowest BCUT2D eigenvalue weighted by Crippen LogP contribution is -2.07. The smallest absolute Gasteiger partial charge is 0.240 e. The number of ether oxygens (including phenoxy) is 2. The van der Waals surface area contributed by atoms with Crippen molar-refractivity contribution in [2.24, 2.45) is 0 Å². The van der Waals surface area contributed by atoms with Crippen molar-refractivity contribution in [3.63, 3.8) is 0 Å². The summed E-state index contributed by atoms with van der Waals surface area (Å²) in [6.45, 7) is 2.52. The average Bonchev–Trinajstić information content (AvgIpc) is 3.40. The number of carbonyl (C=O) groups is 1. The first-order chi connectivity index (χ1) is 11.2. The second kappa shape index (κ2) is 6.70. The standard InChI is InChI=1S/C16H18N4O3/c1-2-22-9-23-13-7-10(8-21)3-6-12(13)15-14(11-4-5-11)18-16(17)20-19-15/h3,6-8,11H,2,4-5,9H2,1H3,(H2,17,18,20). The summed E-state index contributed by atoms with van der Waals surface area (Å²) >= 11 is 0. The fraction of sp³-hybridized carbons (Fsp3) is 0.375. The van der Waals surface area contributed by atoms with E-state index in [9.17, 15) is 4.79 Å². The molecule has 1 heterocycles. The van der Waals surface area contributed by atoms with E-state index in [1.54, 1.807) is 18.2 Å². The zero-order chi connectivity index (χ0) is 16.2. The molecule has 0 unspecified atom stereocenters. The minimum Gasteiger partial charge on any atom is -0.467 e. The van der Waals surface area contributed by atoms with E-state index in [-0.39, 0.29) is 12.7 Å². The van der Waals surface area contributed by atoms with Crippen LogP contribution in [0, 0.1) is 0 Å². The fourth-order valence-corrected chi connectivity index (χ4v) is 2.30. The zero-order valence-corrected chi connectivity index (χ0v) is 12.9. The Morgan fingerprint density at radius 2 is 2.17 bits per heavy atom. The molecular formula is C16H18N4O3. The van der Waals surface area contributed by atoms with Crippen LogP contribution in [0.1, 0.15) is 41.7 Å². The number of nitrogens with two attached hydrogens (primary N) is 1. The first-order valence-corrected chi connectivity index (χ1v) is 7.53. The number of rotatable bonds is 7. The molecule has 120 valence electrons. The van der Waals surface area contributed by atoms with Gasteiger partial charge in [0.1, 0.15) is 17.7 Å². The Morgan fingerprint density at radius 1 is 1.35 bits per heavy atom. The Balaban J connectivity index is 2.02. The van der Waals surface area contributed by atoms with Crippen molar-refractivity contribution in [2.45, 2.75) is 25.7 Å². The molecule has 1 saturated carbocycles. The highest BCUT2D eigenvalue weighted by molar-refractivity contribution is 5.80. The molecule has 3 rings (SSSR count). The third kappa shape index (κ3) is 3.45. The molecule has 0 spiro atoms. The Hall–Kier alpha value is -2.54. The quantitative estimate of drug-likeness (QED) is 0.475. The number of anilines is 1. The molecule has 1 aliphatic rings. The van der Waals surface area contributed by atoms with Crippen molar-refractivity contribution in [1.29, 1.82) is 0 Å². The van der Waals surface area contributed by atoms with Crippen molar-refractivity contribution >= 4 is 12.2 Å². The third-order valence-corrected chi connectivity index (χ3v) is 3.59. The molecule has 23 heavy (non-hydrogen) atoms. The molecule has 2 N–H and O–H groups in total. The number of hydrogen-bond donors (Lipinski definition) is 1. The van der Waals surface area contributed by atoms with Gasteiger partial charge in [-0.2, -0.15) is 0 Å². The van der Waals surface area contributed by atoms with Gasteiger partial charge in [-0.25, -0.2) is 4.98 Å². The highest BCUT2D eigenvalue weighted by atomic mass is 16.7. The van der Waals surface area contributed by atoms with Crippen LogP contribution < -0.4 is 10.5 Å². The number of nitrogen functional groups attached to an aromatic ring is 1. The molecule has 1 aromatic heterocycles. The summed E-state index contributed by atoms with van der Waals surface area (Å²) in [7, 11) is 0. The molecule has 7 nitrogen and oxygen atoms in total. The largest absolute Gasteiger partial charge is 0.467 e. The van der Waals surface area contributed by atoms with Gasteiger partial charge < -0.3 is 15.2 Å². The maximum absolute atomic E-state index is 11.0. The van der Waals surface area contributed by atoms with E-state index in [0.717, 1.165) is 30.4 Å². The van der Waals surface area contributed by atoms with Crippen molar-refractivity contribution in [1.82, 2.24) is 15.2 Å². The number of benzene rings is 1. The number of aromatic nitrogens is 3. The highest BCUT2D eigenvalue weighted by Gasteiger charge is 2.30. The summed E-state index contributed by atoms with van der Waals surface area (Å²) in [5, 5.41) is 8.07. The number of nitrogens with zero attached hydrogens (tertiary/aromatic N) is 3. The van der Waals surface area contributed by atoms with E-state index >= 15 is 0 Å². The summed E-state index contributed by atoms with van der Waals surface area (Å²) in [6.07, 6.45) is 2.89. The van der Waals surface area contributed by atoms with E-state index in [1.807, 2.05) is 6.92 Å². The lowest BCUT2D eigenvalue weighted by Gasteiger charge is -2.13. The minimum atomic E-state index is 0.0976. The SMILES string of the molecule is CCOCOc1cc(C=O)ccc1-c1nnc(N)nc1C1CC1. The predicted octanol–water partition coefficient (Wildman–Crippen LogP) is 2.18. The van der Waals surface area contributed by atoms with Crippen LogP contribution >= 0.6 is 0 Å². The maximum atomic E-state index is 11.0. The molecule has 0 saturated heterocycles. The van der Waals surface area contributed by atoms with Gasteiger partial charge in [-0.1, -0.05) is 6.07 Å². The summed E-state index contributed by atoms with van der Waals surface area (Å²) in [4.78, 5) is 15.4. The first-order valence-electron chi connectivity index (χ1n) is 7.53. The normalized spacial score (nSPS) is 13.8. The lowest BCUT2D eigenvalue weighted by atomic mass is 10.0. The van der Waals surface area contributed by atoms with Crippen LogP contribution in [0.4, 0.5) is 5.95 Å². The molecule has 1 fully saturated rings. The van der Waals surface area contributed by atoms with Gasteiger partial charge in [-0.15, -0.1) is 10.2 Å². The summed E-state index contributed by atoms with van der Waals surface area (Å²) in [5.41, 5.74) is 8.40. The lowest BCUT2D eigenvalue weighted by molar-refractivity contribution is 0.0227. The van der Waals surface area contributed by atoms with Crippen LogP contribution in [0.3, 0.4) is 0 Å². The van der Waals surface area contributed by atoms with Crippen LogP contribution in [0.25, 0.3) is 11.3 Å². The van der Waals surface area contributed by atoms with E-state index < -0.39 is 0 Å². The van der Waals surface area contributed by atoms with Crippen molar-refractivity contribution < 1.29 is 14.3 Å². The molecule has 0 amide bonds. The van der Waals surface area contributed by atoms with Crippen molar-refractivity contribution in [3.8, 4) is 17.0 Å². The zero-order valence-electron chi connectivity index (χ0n) is 12.9. The highest BCUT2D eigenvalue weighted by Crippen LogP contribution is 2.44. The van der Waals surface area contributed by atoms with Gasteiger partial charge in [-0.05, 0) is 31.9 Å². The molecule has 0 radical (unpaired) electrons. The monoisotopic (exact) mass is 314 g/mol. The van der Waals surface area contributed by atoms with Crippen LogP contribution in [0.2, 0.25) is 0 Å². The molecular weight excluding hydrogens is 296 g/mol. The summed E-state index contributed by atoms with van der Waals surface area (Å²) < 4.78 is 10.9. The second-order valence-corrected chi connectivity index (χ2v) is 5.31. The van der Waals surface area contributed by atoms with Gasteiger partial charge >= 0.3 is 0 Å². The van der Waals surface area contributed by atoms with Crippen LogP contribution in [0.5, 0.6) is 5.75 Å². The molecule has 7 heteroatoms. The van der Waals surface area contributed by atoms with Gasteiger partial charge in [0.25, 0.3) is 0 Å². The Kier molecular flexibility index (Phi) is 4.47. The number of hydrogen-bond acceptors (Lipinski definition) is 7. The van der Waals surface area contributed by atoms with Gasteiger partial charge in [0.2, 0.25) is 5.95 Å². The van der Waals surface area contributed by atoms with Crippen LogP contribution in [-0.2, 0) is 4.74 Å². The van der Waals surface area contributed by atoms with E-state index in [1.165, 1.54) is 0 Å². The van der Waals surface area contributed by atoms with E-state index in [0.29, 0.717) is 29.5 Å². The molecule has 1 aromatic carbocycles. The topological polar surface area (TPSA) is 100 Å². The Bertz CT molecular complexity index is 716. The van der Waals surface area contributed by atoms with Crippen molar-refractivity contribution in [3.05, 3.63) is 29.5 Å². The van der Waals surface area contributed by atoms with E-state index in [4.69, 9.17) is 15.2 Å². The fourth-order valence-electron chi connectivity index (χ4n) is 2.30. The summed E-state index contributed by atoms with van der Waals surface area (Å²) in [6, 6.07) is 5.17. The van der Waals surface area contributed by atoms with E-state index in [2.05, 4.69) is 15.2 Å². The average molecular weight is 314 g/mol. The predicted molar refractivity (Wildman–Crippen MR) is 84.2 cm³/mol. The van der Waals surface area contributed by atoms with Crippen LogP contribution in [-0.4, -0.2) is 34.9 Å². The van der Waals surface area contributed by atoms with Gasteiger partial charge in [0.05, 0.1) is 5.69 Å². The maximum Gasteiger partial charge on any atom is 0.240 e. The molecule has 0 bridgehead atoms. The van der Waals surface area contributed by atoms with Gasteiger partial charge in [-0.3, -0.25) is 4.79 Å². The molecule has 0 atom stereocenters. The first kappa shape index (κ1) is 15.4. The molecule has 1 aliphatic carbocycles. The minimum absolute atomic E-state index is 0.0976. The number of aldehydes is 1. The molecule has 2 aromatic rings. The second-order valence-electron chi connectivity index (χ2n) is 5.31. The third-order valence-electron chi connectivity index (χ3n) is 3.59. The Morgan fingerprint density at radius 3 is 2.87 bits per heavy atom. The Labute approximate surface area is 133 Å². The van der Waals surface area contributed by atoms with Crippen molar-refractivity contribution in [2.75, 3.05) is 19.1 Å². The van der Waals surface area contributed by atoms with Gasteiger partial charge in [0, 0.05) is 23.7 Å². The number of carbonyl (C=O) groups excluding carboxylic acids is 1.